The Morgan fingerprint density at radius 1 is 1.16 bits per heavy atom. The molecule has 4 aromatic rings. The fourth-order valence-corrected chi connectivity index (χ4v) is 5.82. The van der Waals surface area contributed by atoms with Crippen molar-refractivity contribution in [1.82, 2.24) is 24.9 Å². The zero-order chi connectivity index (χ0) is 20.9. The molecular weight excluding hydrogens is 393 g/mol. The second kappa shape index (κ2) is 7.25. The molecule has 0 radical (unpaired) electrons. The Morgan fingerprint density at radius 3 is 2.77 bits per heavy atom. The van der Waals surface area contributed by atoms with Gasteiger partial charge in [0.25, 0.3) is 0 Å². The zero-order valence-corrected chi connectivity index (χ0v) is 17.4. The summed E-state index contributed by atoms with van der Waals surface area (Å²) in [4.78, 5) is 20.8. The molecule has 158 valence electrons. The second-order valence-corrected chi connectivity index (χ2v) is 9.02. The lowest BCUT2D eigenvalue weighted by Crippen LogP contribution is -2.39. The van der Waals surface area contributed by atoms with Crippen molar-refractivity contribution in [2.24, 2.45) is 23.7 Å². The monoisotopic (exact) mass is 417 g/mol. The fraction of sp³-hybridized carbons (Fsp3) is 0.417. The average molecular weight is 417 g/mol. The van der Waals surface area contributed by atoms with Gasteiger partial charge < -0.3 is 9.40 Å². The lowest BCUT2D eigenvalue weighted by Gasteiger charge is -2.47. The smallest absolute Gasteiger partial charge is 0.174 e. The molecule has 2 bridgehead atoms. The van der Waals surface area contributed by atoms with E-state index in [2.05, 4.69) is 26.9 Å². The fourth-order valence-electron chi connectivity index (χ4n) is 5.82. The van der Waals surface area contributed by atoms with Gasteiger partial charge in [-0.25, -0.2) is 24.3 Å². The predicted molar refractivity (Wildman–Crippen MR) is 114 cm³/mol. The van der Waals surface area contributed by atoms with E-state index in [4.69, 9.17) is 9.40 Å². The van der Waals surface area contributed by atoms with Gasteiger partial charge in [0, 0.05) is 23.3 Å². The van der Waals surface area contributed by atoms with Crippen LogP contribution >= 0.6 is 0 Å². The summed E-state index contributed by atoms with van der Waals surface area (Å²) < 4.78 is 21.2. The van der Waals surface area contributed by atoms with Crippen LogP contribution < -0.4 is 0 Å². The highest BCUT2D eigenvalue weighted by Gasteiger charge is 2.41. The van der Waals surface area contributed by atoms with Gasteiger partial charge in [0.05, 0.1) is 12.0 Å². The topological polar surface area (TPSA) is 80.5 Å². The number of aromatic nitrogens is 5. The van der Waals surface area contributed by atoms with Gasteiger partial charge >= 0.3 is 0 Å². The van der Waals surface area contributed by atoms with E-state index in [1.165, 1.54) is 38.3 Å². The molecule has 31 heavy (non-hydrogen) atoms. The number of aromatic amines is 1. The largest absolute Gasteiger partial charge is 0.463 e. The van der Waals surface area contributed by atoms with Crippen LogP contribution in [0.3, 0.4) is 0 Å². The molecule has 0 saturated heterocycles. The standard InChI is InChI=1S/C24H24FN5O/c1-13-14-4-6-15(7-5-14)16(13)9-19-21(25)22(20-3-2-8-31-20)30-24(29-19)18-11-27-23-17(18)10-26-12-28-23/h2-3,8,10-16H,4-7,9H2,1H3,(H,26,27,28). The van der Waals surface area contributed by atoms with Crippen LogP contribution in [0.25, 0.3) is 33.9 Å². The Hall–Kier alpha value is -3.09. The van der Waals surface area contributed by atoms with Crippen LogP contribution in [0, 0.1) is 29.5 Å². The SMILES string of the molecule is CC1C2CCC(CC2)C1Cc1nc(-c2c[nH]c3ncncc23)nc(-c2ccco2)c1F. The third kappa shape index (κ3) is 3.06. The van der Waals surface area contributed by atoms with E-state index in [9.17, 15) is 0 Å². The molecule has 0 aliphatic heterocycles. The second-order valence-electron chi connectivity index (χ2n) is 9.02. The quantitative estimate of drug-likeness (QED) is 0.479. The van der Waals surface area contributed by atoms with Gasteiger partial charge in [-0.3, -0.25) is 0 Å². The minimum Gasteiger partial charge on any atom is -0.463 e. The molecular formula is C24H24FN5O. The molecule has 3 saturated carbocycles. The van der Waals surface area contributed by atoms with E-state index in [1.807, 2.05) is 6.20 Å². The summed E-state index contributed by atoms with van der Waals surface area (Å²) in [6, 6.07) is 3.49. The predicted octanol–water partition coefficient (Wildman–Crippen LogP) is 5.43. The number of halogens is 1. The summed E-state index contributed by atoms with van der Waals surface area (Å²) in [5.41, 5.74) is 2.16. The van der Waals surface area contributed by atoms with Gasteiger partial charge in [-0.15, -0.1) is 0 Å². The number of hydrogen-bond donors (Lipinski definition) is 1. The minimum atomic E-state index is -0.372. The van der Waals surface area contributed by atoms with Gasteiger partial charge in [0.15, 0.2) is 17.4 Å². The van der Waals surface area contributed by atoms with Crippen molar-refractivity contribution in [2.75, 3.05) is 0 Å². The molecule has 3 aliphatic rings. The molecule has 0 spiro atoms. The maximum absolute atomic E-state index is 15.7. The minimum absolute atomic E-state index is 0.213. The van der Waals surface area contributed by atoms with Crippen molar-refractivity contribution in [3.63, 3.8) is 0 Å². The third-order valence-electron chi connectivity index (χ3n) is 7.54. The van der Waals surface area contributed by atoms with Crippen LogP contribution in [-0.2, 0) is 6.42 Å². The molecule has 6 nitrogen and oxygen atoms in total. The first-order valence-electron chi connectivity index (χ1n) is 11.1. The van der Waals surface area contributed by atoms with Crippen LogP contribution in [0.2, 0.25) is 0 Å². The Kier molecular flexibility index (Phi) is 4.37. The Balaban J connectivity index is 1.48. The number of furan rings is 1. The molecule has 3 aliphatic carbocycles. The number of H-pyrrole nitrogens is 1. The summed E-state index contributed by atoms with van der Waals surface area (Å²) in [7, 11) is 0. The molecule has 4 aromatic heterocycles. The first-order chi connectivity index (χ1) is 15.2. The van der Waals surface area contributed by atoms with Crippen molar-refractivity contribution in [2.45, 2.75) is 39.0 Å². The number of nitrogens with zero attached hydrogens (tertiary/aromatic N) is 4. The molecule has 3 fully saturated rings. The highest BCUT2D eigenvalue weighted by atomic mass is 19.1. The molecule has 2 unspecified atom stereocenters. The molecule has 0 amide bonds. The van der Waals surface area contributed by atoms with Crippen molar-refractivity contribution in [1.29, 1.82) is 0 Å². The van der Waals surface area contributed by atoms with Gasteiger partial charge in [-0.1, -0.05) is 6.92 Å². The van der Waals surface area contributed by atoms with E-state index in [-0.39, 0.29) is 11.5 Å². The van der Waals surface area contributed by atoms with E-state index < -0.39 is 0 Å². The summed E-state index contributed by atoms with van der Waals surface area (Å²) in [6.07, 6.45) is 12.3. The van der Waals surface area contributed by atoms with Crippen molar-refractivity contribution >= 4 is 11.0 Å². The van der Waals surface area contributed by atoms with Gasteiger partial charge in [0.2, 0.25) is 0 Å². The summed E-state index contributed by atoms with van der Waals surface area (Å²) in [6.45, 7) is 2.34. The van der Waals surface area contributed by atoms with Crippen molar-refractivity contribution < 1.29 is 8.81 Å². The van der Waals surface area contributed by atoms with Crippen LogP contribution in [0.1, 0.15) is 38.3 Å². The number of fused-ring (bicyclic) bond motifs is 4. The molecule has 7 rings (SSSR count). The van der Waals surface area contributed by atoms with E-state index in [0.717, 1.165) is 16.9 Å². The van der Waals surface area contributed by atoms with Crippen LogP contribution in [0.5, 0.6) is 0 Å². The van der Waals surface area contributed by atoms with Crippen LogP contribution in [-0.4, -0.2) is 24.9 Å². The lowest BCUT2D eigenvalue weighted by atomic mass is 9.58. The summed E-state index contributed by atoms with van der Waals surface area (Å²) in [5.74, 6) is 2.98. The Labute approximate surface area is 179 Å². The van der Waals surface area contributed by atoms with Crippen molar-refractivity contribution in [3.8, 4) is 22.8 Å². The number of rotatable bonds is 4. The number of nitrogens with one attached hydrogen (secondary N) is 1. The van der Waals surface area contributed by atoms with Gasteiger partial charge in [-0.05, 0) is 67.9 Å². The molecule has 1 N–H and O–H groups in total. The average Bonchev–Trinajstić information content (AvgIpc) is 3.48. The van der Waals surface area contributed by atoms with Gasteiger partial charge in [-0.2, -0.15) is 0 Å². The maximum atomic E-state index is 15.7. The molecule has 7 heteroatoms. The highest BCUT2D eigenvalue weighted by molar-refractivity contribution is 5.91. The maximum Gasteiger partial charge on any atom is 0.174 e. The van der Waals surface area contributed by atoms with Crippen molar-refractivity contribution in [3.05, 3.63) is 48.6 Å². The normalized spacial score (nSPS) is 25.4. The summed E-state index contributed by atoms with van der Waals surface area (Å²) >= 11 is 0. The number of hydrogen-bond acceptors (Lipinski definition) is 5. The van der Waals surface area contributed by atoms with E-state index in [0.29, 0.717) is 47.1 Å². The van der Waals surface area contributed by atoms with E-state index in [1.54, 1.807) is 18.3 Å². The van der Waals surface area contributed by atoms with Crippen LogP contribution in [0.4, 0.5) is 4.39 Å². The molecule has 2 atom stereocenters. The lowest BCUT2D eigenvalue weighted by molar-refractivity contribution is 0.0334. The zero-order valence-electron chi connectivity index (χ0n) is 17.4. The first kappa shape index (κ1) is 18.7. The Morgan fingerprint density at radius 2 is 2.00 bits per heavy atom. The summed E-state index contributed by atoms with van der Waals surface area (Å²) in [5, 5.41) is 0.815. The molecule has 4 heterocycles. The molecule has 0 aromatic carbocycles. The third-order valence-corrected chi connectivity index (χ3v) is 7.54. The first-order valence-corrected chi connectivity index (χ1v) is 11.1. The van der Waals surface area contributed by atoms with Crippen LogP contribution in [0.15, 0.2) is 41.5 Å². The highest BCUT2D eigenvalue weighted by Crippen LogP contribution is 2.50. The Bertz CT molecular complexity index is 1220. The van der Waals surface area contributed by atoms with E-state index >= 15 is 4.39 Å². The van der Waals surface area contributed by atoms with Gasteiger partial charge in [0.1, 0.15) is 17.7 Å².